The Morgan fingerprint density at radius 2 is 2.26 bits per heavy atom. The number of halogens is 1. The summed E-state index contributed by atoms with van der Waals surface area (Å²) in [6, 6.07) is 2.50. The van der Waals surface area contributed by atoms with E-state index >= 15 is 0 Å². The van der Waals surface area contributed by atoms with E-state index in [4.69, 9.17) is 21.1 Å². The lowest BCUT2D eigenvalue weighted by Gasteiger charge is -2.13. The van der Waals surface area contributed by atoms with Crippen LogP contribution in [-0.2, 0) is 0 Å². The molecule has 0 bridgehead atoms. The zero-order valence-electron chi connectivity index (χ0n) is 10.3. The van der Waals surface area contributed by atoms with Crippen LogP contribution in [0.1, 0.15) is 35.0 Å². The van der Waals surface area contributed by atoms with E-state index in [2.05, 4.69) is 15.3 Å². The van der Waals surface area contributed by atoms with Gasteiger partial charge >= 0.3 is 5.97 Å². The van der Waals surface area contributed by atoms with E-state index in [1.807, 2.05) is 0 Å². The molecule has 100 valence electrons. The summed E-state index contributed by atoms with van der Waals surface area (Å²) in [7, 11) is 0. The van der Waals surface area contributed by atoms with Crippen molar-refractivity contribution in [1.82, 2.24) is 9.97 Å². The SMILES string of the molecule is Cc1cnc(C(C)Nc2nc(Cl)ccc2C(=O)O)o1. The van der Waals surface area contributed by atoms with Gasteiger partial charge in [0.25, 0.3) is 0 Å². The topological polar surface area (TPSA) is 88.2 Å². The maximum absolute atomic E-state index is 11.1. The van der Waals surface area contributed by atoms with E-state index in [1.54, 1.807) is 20.0 Å². The lowest BCUT2D eigenvalue weighted by atomic mass is 10.2. The van der Waals surface area contributed by atoms with Crippen molar-refractivity contribution in [2.45, 2.75) is 19.9 Å². The molecule has 0 saturated heterocycles. The second-order valence-electron chi connectivity index (χ2n) is 4.01. The quantitative estimate of drug-likeness (QED) is 0.838. The fourth-order valence-corrected chi connectivity index (χ4v) is 1.70. The number of pyridine rings is 1. The molecule has 0 aliphatic carbocycles. The predicted molar refractivity (Wildman–Crippen MR) is 69.5 cm³/mol. The second-order valence-corrected chi connectivity index (χ2v) is 4.40. The van der Waals surface area contributed by atoms with E-state index in [0.717, 1.165) is 0 Å². The molecule has 0 spiro atoms. The monoisotopic (exact) mass is 281 g/mol. The maximum Gasteiger partial charge on any atom is 0.339 e. The Morgan fingerprint density at radius 1 is 1.53 bits per heavy atom. The van der Waals surface area contributed by atoms with Gasteiger partial charge in [0.05, 0.1) is 6.20 Å². The van der Waals surface area contributed by atoms with Crippen molar-refractivity contribution in [1.29, 1.82) is 0 Å². The Hall–Kier alpha value is -2.08. The van der Waals surface area contributed by atoms with Crippen molar-refractivity contribution in [2.75, 3.05) is 5.32 Å². The van der Waals surface area contributed by atoms with Gasteiger partial charge in [0.2, 0.25) is 5.89 Å². The molecule has 2 aromatic heterocycles. The number of hydrogen-bond donors (Lipinski definition) is 2. The third-order valence-corrected chi connectivity index (χ3v) is 2.66. The number of aryl methyl sites for hydroxylation is 1. The first-order valence-corrected chi connectivity index (χ1v) is 5.94. The van der Waals surface area contributed by atoms with Crippen LogP contribution in [0.5, 0.6) is 0 Å². The van der Waals surface area contributed by atoms with Crippen molar-refractivity contribution in [3.8, 4) is 0 Å². The largest absolute Gasteiger partial charge is 0.478 e. The average Bonchev–Trinajstić information content (AvgIpc) is 2.75. The number of nitrogens with zero attached hydrogens (tertiary/aromatic N) is 2. The molecule has 1 atom stereocenters. The van der Waals surface area contributed by atoms with Gasteiger partial charge in [0.15, 0.2) is 0 Å². The van der Waals surface area contributed by atoms with Gasteiger partial charge in [-0.3, -0.25) is 0 Å². The van der Waals surface area contributed by atoms with Crippen molar-refractivity contribution < 1.29 is 14.3 Å². The standard InChI is InChI=1S/C12H12ClN3O3/c1-6-5-14-11(19-6)7(2)15-10-8(12(17)18)3-4-9(13)16-10/h3-5,7H,1-2H3,(H,15,16)(H,17,18). The first-order chi connectivity index (χ1) is 8.97. The summed E-state index contributed by atoms with van der Waals surface area (Å²) in [5.41, 5.74) is 0.0412. The molecule has 2 heterocycles. The Balaban J connectivity index is 2.27. The molecule has 2 aromatic rings. The number of nitrogens with one attached hydrogen (secondary N) is 1. The van der Waals surface area contributed by atoms with Crippen LogP contribution in [-0.4, -0.2) is 21.0 Å². The van der Waals surface area contributed by atoms with Crippen LogP contribution >= 0.6 is 11.6 Å². The summed E-state index contributed by atoms with van der Waals surface area (Å²) >= 11 is 5.77. The fourth-order valence-electron chi connectivity index (χ4n) is 1.56. The Kier molecular flexibility index (Phi) is 3.71. The molecule has 0 radical (unpaired) electrons. The molecular formula is C12H12ClN3O3. The highest BCUT2D eigenvalue weighted by Crippen LogP contribution is 2.22. The molecule has 6 nitrogen and oxygen atoms in total. The van der Waals surface area contributed by atoms with Crippen LogP contribution in [0.3, 0.4) is 0 Å². The molecule has 7 heteroatoms. The zero-order valence-corrected chi connectivity index (χ0v) is 11.1. The molecule has 2 N–H and O–H groups in total. The number of rotatable bonds is 4. The number of aromatic nitrogens is 2. The number of carbonyl (C=O) groups is 1. The molecule has 0 aromatic carbocycles. The molecular weight excluding hydrogens is 270 g/mol. The number of hydrogen-bond acceptors (Lipinski definition) is 5. The number of carboxylic acid groups (broad SMARTS) is 1. The minimum Gasteiger partial charge on any atom is -0.478 e. The van der Waals surface area contributed by atoms with Gasteiger partial charge in [-0.1, -0.05) is 11.6 Å². The summed E-state index contributed by atoms with van der Waals surface area (Å²) < 4.78 is 5.37. The van der Waals surface area contributed by atoms with Crippen LogP contribution in [0.2, 0.25) is 5.15 Å². The normalized spacial score (nSPS) is 12.2. The van der Waals surface area contributed by atoms with Crippen LogP contribution < -0.4 is 5.32 Å². The minimum atomic E-state index is -1.08. The molecule has 0 amide bonds. The first-order valence-electron chi connectivity index (χ1n) is 5.56. The van der Waals surface area contributed by atoms with Gasteiger partial charge in [-0.05, 0) is 26.0 Å². The van der Waals surface area contributed by atoms with Gasteiger partial charge in [-0.25, -0.2) is 14.8 Å². The summed E-state index contributed by atoms with van der Waals surface area (Å²) in [5.74, 6) is 0.238. The van der Waals surface area contributed by atoms with Gasteiger partial charge in [-0.15, -0.1) is 0 Å². The molecule has 1 unspecified atom stereocenters. The van der Waals surface area contributed by atoms with E-state index in [-0.39, 0.29) is 22.6 Å². The highest BCUT2D eigenvalue weighted by Gasteiger charge is 2.17. The third-order valence-electron chi connectivity index (χ3n) is 2.45. The van der Waals surface area contributed by atoms with Crippen molar-refractivity contribution in [2.24, 2.45) is 0 Å². The van der Waals surface area contributed by atoms with Crippen molar-refractivity contribution in [3.05, 3.63) is 40.7 Å². The molecule has 0 aliphatic heterocycles. The van der Waals surface area contributed by atoms with E-state index in [9.17, 15) is 4.79 Å². The zero-order chi connectivity index (χ0) is 14.0. The van der Waals surface area contributed by atoms with Crippen molar-refractivity contribution in [3.63, 3.8) is 0 Å². The van der Waals surface area contributed by atoms with E-state index in [1.165, 1.54) is 12.1 Å². The molecule has 0 aliphatic rings. The Bertz CT molecular complexity index is 612. The van der Waals surface area contributed by atoms with Gasteiger partial charge in [0.1, 0.15) is 28.3 Å². The maximum atomic E-state index is 11.1. The van der Waals surface area contributed by atoms with Crippen LogP contribution in [0.4, 0.5) is 5.82 Å². The fraction of sp³-hybridized carbons (Fsp3) is 0.250. The van der Waals surface area contributed by atoms with Gasteiger partial charge in [-0.2, -0.15) is 0 Å². The molecule has 2 rings (SSSR count). The van der Waals surface area contributed by atoms with Crippen LogP contribution in [0.15, 0.2) is 22.7 Å². The van der Waals surface area contributed by atoms with Crippen LogP contribution in [0, 0.1) is 6.92 Å². The van der Waals surface area contributed by atoms with Crippen LogP contribution in [0.25, 0.3) is 0 Å². The number of anilines is 1. The minimum absolute atomic E-state index is 0.0412. The van der Waals surface area contributed by atoms with E-state index in [0.29, 0.717) is 11.7 Å². The summed E-state index contributed by atoms with van der Waals surface area (Å²) in [6.45, 7) is 3.57. The Labute approximate surface area is 114 Å². The third kappa shape index (κ3) is 3.03. The highest BCUT2D eigenvalue weighted by molar-refractivity contribution is 6.29. The van der Waals surface area contributed by atoms with Gasteiger partial charge < -0.3 is 14.8 Å². The smallest absolute Gasteiger partial charge is 0.339 e. The lowest BCUT2D eigenvalue weighted by molar-refractivity contribution is 0.0697. The van der Waals surface area contributed by atoms with Crippen molar-refractivity contribution >= 4 is 23.4 Å². The first kappa shape index (κ1) is 13.4. The molecule has 19 heavy (non-hydrogen) atoms. The number of oxazole rings is 1. The predicted octanol–water partition coefficient (Wildman–Crippen LogP) is 2.90. The second kappa shape index (κ2) is 5.27. The average molecular weight is 282 g/mol. The van der Waals surface area contributed by atoms with Gasteiger partial charge in [0, 0.05) is 0 Å². The number of aromatic carboxylic acids is 1. The lowest BCUT2D eigenvalue weighted by Crippen LogP contribution is -2.12. The highest BCUT2D eigenvalue weighted by atomic mass is 35.5. The molecule has 0 saturated carbocycles. The summed E-state index contributed by atoms with van der Waals surface area (Å²) in [4.78, 5) is 19.1. The number of carboxylic acids is 1. The Morgan fingerprint density at radius 3 is 2.84 bits per heavy atom. The summed E-state index contributed by atoms with van der Waals surface area (Å²) in [6.07, 6.45) is 1.59. The van der Waals surface area contributed by atoms with E-state index < -0.39 is 5.97 Å². The summed E-state index contributed by atoms with van der Waals surface area (Å²) in [5, 5.41) is 12.2. The molecule has 0 fully saturated rings.